The molecule has 0 fully saturated rings. The maximum Gasteiger partial charge on any atom is 0.229 e. The van der Waals surface area contributed by atoms with E-state index in [4.69, 9.17) is 14.9 Å². The highest BCUT2D eigenvalue weighted by molar-refractivity contribution is 7.18. The van der Waals surface area contributed by atoms with E-state index in [2.05, 4.69) is 20.5 Å². The van der Waals surface area contributed by atoms with Crippen LogP contribution in [-0.2, 0) is 0 Å². The molecule has 0 atom stereocenters. The molecule has 3 N–H and O–H groups in total. The van der Waals surface area contributed by atoms with Gasteiger partial charge in [-0.25, -0.2) is 4.98 Å². The van der Waals surface area contributed by atoms with Crippen LogP contribution in [0.15, 0.2) is 52.9 Å². The Kier molecular flexibility index (Phi) is 4.47. The molecule has 2 aromatic carbocycles. The van der Waals surface area contributed by atoms with Crippen molar-refractivity contribution in [1.29, 1.82) is 0 Å². The molecule has 0 unspecified atom stereocenters. The summed E-state index contributed by atoms with van der Waals surface area (Å²) in [4.78, 5) is 4.49. The lowest BCUT2D eigenvalue weighted by Crippen LogP contribution is -1.88. The van der Waals surface area contributed by atoms with E-state index in [9.17, 15) is 0 Å². The van der Waals surface area contributed by atoms with Crippen molar-refractivity contribution in [1.82, 2.24) is 15.2 Å². The average Bonchev–Trinajstić information content (AvgIpc) is 3.30. The van der Waals surface area contributed by atoms with Crippen LogP contribution in [0.4, 0.5) is 16.7 Å². The summed E-state index contributed by atoms with van der Waals surface area (Å²) in [5, 5.41) is 12.8. The predicted octanol–water partition coefficient (Wildman–Crippen LogP) is 4.50. The quantitative estimate of drug-likeness (QED) is 0.526. The molecule has 136 valence electrons. The Labute approximate surface area is 159 Å². The van der Waals surface area contributed by atoms with Crippen LogP contribution >= 0.6 is 11.3 Å². The molecule has 4 rings (SSSR count). The third-order valence-electron chi connectivity index (χ3n) is 3.92. The monoisotopic (exact) mass is 379 g/mol. The first-order chi connectivity index (χ1) is 13.1. The Balaban J connectivity index is 1.57. The van der Waals surface area contributed by atoms with Gasteiger partial charge < -0.3 is 20.2 Å². The lowest BCUT2D eigenvalue weighted by Gasteiger charge is -2.01. The smallest absolute Gasteiger partial charge is 0.229 e. The summed E-state index contributed by atoms with van der Waals surface area (Å²) >= 11 is 1.36. The number of hydrogen-bond acceptors (Lipinski definition) is 8. The van der Waals surface area contributed by atoms with Crippen LogP contribution in [0.1, 0.15) is 5.56 Å². The van der Waals surface area contributed by atoms with Crippen LogP contribution in [0, 0.1) is 6.92 Å². The van der Waals surface area contributed by atoms with Crippen LogP contribution in [-0.4, -0.2) is 22.3 Å². The molecule has 0 aliphatic heterocycles. The van der Waals surface area contributed by atoms with E-state index in [0.717, 1.165) is 17.0 Å². The van der Waals surface area contributed by atoms with E-state index in [-0.39, 0.29) is 5.88 Å². The number of nitrogens with zero attached hydrogens (tertiary/aromatic N) is 3. The number of nitrogens with two attached hydrogens (primary N) is 1. The number of oxazole rings is 1. The first-order valence-electron chi connectivity index (χ1n) is 8.20. The van der Waals surface area contributed by atoms with E-state index in [0.29, 0.717) is 21.7 Å². The van der Waals surface area contributed by atoms with E-state index in [1.165, 1.54) is 16.9 Å². The summed E-state index contributed by atoms with van der Waals surface area (Å²) in [6.07, 6.45) is 0. The molecule has 2 aromatic heterocycles. The van der Waals surface area contributed by atoms with Crippen LogP contribution in [0.3, 0.4) is 0 Å². The maximum absolute atomic E-state index is 6.01. The second kappa shape index (κ2) is 7.08. The highest BCUT2D eigenvalue weighted by Gasteiger charge is 2.18. The largest absolute Gasteiger partial charge is 0.497 e. The van der Waals surface area contributed by atoms with E-state index < -0.39 is 0 Å². The molecule has 0 bridgehead atoms. The molecule has 8 heteroatoms. The number of aromatic nitrogens is 3. The van der Waals surface area contributed by atoms with Gasteiger partial charge in [-0.1, -0.05) is 29.0 Å². The number of nitrogen functional groups attached to an aromatic ring is 1. The fourth-order valence-corrected chi connectivity index (χ4v) is 3.23. The molecule has 0 saturated carbocycles. The van der Waals surface area contributed by atoms with Crippen LogP contribution in [0.2, 0.25) is 0 Å². The molecule has 0 aliphatic carbocycles. The number of hydrogen-bond donors (Lipinski definition) is 2. The lowest BCUT2D eigenvalue weighted by molar-refractivity contribution is 0.415. The Bertz CT molecular complexity index is 1050. The van der Waals surface area contributed by atoms with Gasteiger partial charge in [0.05, 0.1) is 7.11 Å². The fourth-order valence-electron chi connectivity index (χ4n) is 2.47. The summed E-state index contributed by atoms with van der Waals surface area (Å²) in [5.74, 6) is 1.39. The zero-order valence-corrected chi connectivity index (χ0v) is 15.6. The summed E-state index contributed by atoms with van der Waals surface area (Å²) in [7, 11) is 1.62. The topological polar surface area (TPSA) is 99.1 Å². The second-order valence-corrected chi connectivity index (χ2v) is 6.84. The maximum atomic E-state index is 6.01. The molecule has 0 aliphatic rings. The molecule has 27 heavy (non-hydrogen) atoms. The fraction of sp³-hybridized carbons (Fsp3) is 0.105. The summed E-state index contributed by atoms with van der Waals surface area (Å²) in [6, 6.07) is 15.4. The van der Waals surface area contributed by atoms with Crippen molar-refractivity contribution in [2.45, 2.75) is 6.92 Å². The minimum atomic E-state index is 0.207. The number of methoxy groups -OCH3 is 1. The van der Waals surface area contributed by atoms with Crippen molar-refractivity contribution in [3.63, 3.8) is 0 Å². The highest BCUT2D eigenvalue weighted by atomic mass is 32.1. The third-order valence-corrected chi connectivity index (χ3v) is 4.77. The Morgan fingerprint density at radius 1 is 1.04 bits per heavy atom. The normalized spacial score (nSPS) is 10.7. The van der Waals surface area contributed by atoms with Gasteiger partial charge in [0.25, 0.3) is 0 Å². The van der Waals surface area contributed by atoms with Crippen molar-refractivity contribution in [2.24, 2.45) is 0 Å². The SMILES string of the molecule is COc1ccc(-c2nc(-c3nnc(Nc4ccc(C)cc4)s3)c(N)o2)cc1. The number of aryl methyl sites for hydroxylation is 1. The Morgan fingerprint density at radius 3 is 2.48 bits per heavy atom. The van der Waals surface area contributed by atoms with E-state index >= 15 is 0 Å². The van der Waals surface area contributed by atoms with Crippen LogP contribution in [0.5, 0.6) is 5.75 Å². The molecular formula is C19H17N5O2S. The van der Waals surface area contributed by atoms with Gasteiger partial charge in [0.1, 0.15) is 5.75 Å². The van der Waals surface area contributed by atoms with E-state index in [1.807, 2.05) is 55.5 Å². The van der Waals surface area contributed by atoms with Gasteiger partial charge in [0.15, 0.2) is 10.7 Å². The lowest BCUT2D eigenvalue weighted by atomic mass is 10.2. The predicted molar refractivity (Wildman–Crippen MR) is 106 cm³/mol. The van der Waals surface area contributed by atoms with Crippen LogP contribution < -0.4 is 15.8 Å². The van der Waals surface area contributed by atoms with Gasteiger partial charge in [-0.3, -0.25) is 0 Å². The van der Waals surface area contributed by atoms with Crippen molar-refractivity contribution in [3.8, 4) is 27.9 Å². The minimum absolute atomic E-state index is 0.207. The number of rotatable bonds is 5. The molecule has 0 amide bonds. The van der Waals surface area contributed by atoms with Gasteiger partial charge in [0, 0.05) is 11.3 Å². The molecular weight excluding hydrogens is 362 g/mol. The van der Waals surface area contributed by atoms with Gasteiger partial charge in [-0.15, -0.1) is 10.2 Å². The van der Waals surface area contributed by atoms with Crippen molar-refractivity contribution < 1.29 is 9.15 Å². The van der Waals surface area contributed by atoms with Crippen molar-refractivity contribution in [2.75, 3.05) is 18.2 Å². The Morgan fingerprint density at radius 2 is 1.78 bits per heavy atom. The number of ether oxygens (including phenoxy) is 1. The number of anilines is 3. The van der Waals surface area contributed by atoms with Gasteiger partial charge in [0.2, 0.25) is 16.9 Å². The molecule has 0 saturated heterocycles. The number of nitrogens with one attached hydrogen (secondary N) is 1. The van der Waals surface area contributed by atoms with Gasteiger partial charge >= 0.3 is 0 Å². The number of benzene rings is 2. The molecule has 4 aromatic rings. The Hall–Kier alpha value is -3.39. The minimum Gasteiger partial charge on any atom is -0.497 e. The first kappa shape index (κ1) is 17.0. The highest BCUT2D eigenvalue weighted by Crippen LogP contribution is 2.34. The van der Waals surface area contributed by atoms with Crippen molar-refractivity contribution >= 4 is 28.0 Å². The zero-order chi connectivity index (χ0) is 18.8. The van der Waals surface area contributed by atoms with E-state index in [1.54, 1.807) is 7.11 Å². The third kappa shape index (κ3) is 3.61. The molecule has 0 spiro atoms. The summed E-state index contributed by atoms with van der Waals surface area (Å²) in [5.41, 5.74) is 9.43. The summed E-state index contributed by atoms with van der Waals surface area (Å²) < 4.78 is 10.8. The molecule has 7 nitrogen and oxygen atoms in total. The zero-order valence-electron chi connectivity index (χ0n) is 14.8. The molecule has 2 heterocycles. The van der Waals surface area contributed by atoms with Crippen molar-refractivity contribution in [3.05, 3.63) is 54.1 Å². The average molecular weight is 379 g/mol. The standard InChI is InChI=1S/C19H17N5O2S/c1-11-3-7-13(8-4-11)21-19-24-23-18(27-19)15-16(20)26-17(22-15)12-5-9-14(25-2)10-6-12/h3-10H,20H2,1-2H3,(H,21,24). The van der Waals surface area contributed by atoms with Gasteiger partial charge in [-0.2, -0.15) is 0 Å². The first-order valence-corrected chi connectivity index (χ1v) is 9.02. The van der Waals surface area contributed by atoms with Crippen LogP contribution in [0.25, 0.3) is 22.2 Å². The second-order valence-electron chi connectivity index (χ2n) is 5.86. The van der Waals surface area contributed by atoms with Gasteiger partial charge in [-0.05, 0) is 43.3 Å². The molecule has 0 radical (unpaired) electrons. The summed E-state index contributed by atoms with van der Waals surface area (Å²) in [6.45, 7) is 2.04.